The Morgan fingerprint density at radius 2 is 2.03 bits per heavy atom. The van der Waals surface area contributed by atoms with Crippen LogP contribution in [0.5, 0.6) is 0 Å². The van der Waals surface area contributed by atoms with E-state index in [1.54, 1.807) is 24.4 Å². The Morgan fingerprint density at radius 1 is 1.21 bits per heavy atom. The van der Waals surface area contributed by atoms with Gasteiger partial charge < -0.3 is 19.7 Å². The van der Waals surface area contributed by atoms with Crippen LogP contribution in [-0.4, -0.2) is 55.0 Å². The Labute approximate surface area is 198 Å². The van der Waals surface area contributed by atoms with E-state index in [1.165, 1.54) is 23.0 Å². The highest BCUT2D eigenvalue weighted by Gasteiger charge is 2.18. The summed E-state index contributed by atoms with van der Waals surface area (Å²) in [5.74, 6) is -0.230. The third kappa shape index (κ3) is 4.39. The minimum Gasteiger partial charge on any atom is -0.452 e. The minimum absolute atomic E-state index is 0.0653. The van der Waals surface area contributed by atoms with Gasteiger partial charge in [0.25, 0.3) is 0 Å². The van der Waals surface area contributed by atoms with E-state index in [0.29, 0.717) is 21.2 Å². The molecular weight excluding hydrogens is 464 g/mol. The number of anilines is 2. The van der Waals surface area contributed by atoms with Gasteiger partial charge >= 0.3 is 6.09 Å². The highest BCUT2D eigenvalue weighted by atomic mass is 35.5. The summed E-state index contributed by atoms with van der Waals surface area (Å²) < 4.78 is 12.7. The van der Waals surface area contributed by atoms with Crippen molar-refractivity contribution in [1.82, 2.24) is 9.55 Å². The molecule has 1 aliphatic heterocycles. The van der Waals surface area contributed by atoms with Gasteiger partial charge in [0.2, 0.25) is 5.91 Å². The number of methoxy groups -OCH3 is 1. The number of nitrogens with one attached hydrogen (secondary N) is 1. The molecule has 10 heteroatoms. The fourth-order valence-electron chi connectivity index (χ4n) is 3.98. The van der Waals surface area contributed by atoms with Gasteiger partial charge in [0.1, 0.15) is 0 Å². The molecule has 0 aliphatic carbocycles. The van der Waals surface area contributed by atoms with Gasteiger partial charge in [-0.2, -0.15) is 0 Å². The standard InChI is InChI=1S/C23H21ClN4O4S/c1-31-23(30)28-13-14(17-11-15(24)2-5-19(17)28)10-21(29)26-22-25-18-4-3-16(12-20(18)33-22)27-6-8-32-9-7-27/h2-5,11-13H,6-10H2,1H3,(H,25,26,29). The fourth-order valence-corrected chi connectivity index (χ4v) is 5.07. The largest absolute Gasteiger partial charge is 0.452 e. The fraction of sp³-hybridized carbons (Fsp3) is 0.261. The van der Waals surface area contributed by atoms with Crippen molar-refractivity contribution in [3.05, 3.63) is 53.2 Å². The van der Waals surface area contributed by atoms with Crippen LogP contribution in [0.4, 0.5) is 15.6 Å². The van der Waals surface area contributed by atoms with Crippen molar-refractivity contribution < 1.29 is 19.1 Å². The molecule has 0 bridgehead atoms. The molecule has 170 valence electrons. The molecule has 2 aromatic heterocycles. The molecule has 1 fully saturated rings. The first-order valence-corrected chi connectivity index (χ1v) is 11.6. The van der Waals surface area contributed by atoms with Crippen LogP contribution in [0.2, 0.25) is 5.02 Å². The van der Waals surface area contributed by atoms with Crippen molar-refractivity contribution in [3.63, 3.8) is 0 Å². The molecule has 1 N–H and O–H groups in total. The van der Waals surface area contributed by atoms with E-state index in [-0.39, 0.29) is 12.3 Å². The average Bonchev–Trinajstić information content (AvgIpc) is 3.39. The molecule has 1 amide bonds. The Bertz CT molecular complexity index is 1360. The zero-order valence-electron chi connectivity index (χ0n) is 17.8. The summed E-state index contributed by atoms with van der Waals surface area (Å²) in [6, 6.07) is 11.3. The lowest BCUT2D eigenvalue weighted by atomic mass is 10.1. The van der Waals surface area contributed by atoms with Crippen LogP contribution in [0.1, 0.15) is 5.56 Å². The van der Waals surface area contributed by atoms with Crippen molar-refractivity contribution in [2.24, 2.45) is 0 Å². The van der Waals surface area contributed by atoms with E-state index in [4.69, 9.17) is 21.1 Å². The van der Waals surface area contributed by atoms with Gasteiger partial charge in [0.15, 0.2) is 5.13 Å². The minimum atomic E-state index is -0.531. The maximum absolute atomic E-state index is 12.8. The quantitative estimate of drug-likeness (QED) is 0.458. The SMILES string of the molecule is COC(=O)n1cc(CC(=O)Nc2nc3ccc(N4CCOCC4)cc3s2)c2cc(Cl)ccc21. The second-order valence-electron chi connectivity index (χ2n) is 7.65. The number of carbonyl (C=O) groups is 2. The van der Waals surface area contributed by atoms with Gasteiger partial charge in [-0.1, -0.05) is 22.9 Å². The average molecular weight is 485 g/mol. The predicted octanol–water partition coefficient (Wildman–Crippen LogP) is 4.54. The number of nitrogens with zero attached hydrogens (tertiary/aromatic N) is 3. The summed E-state index contributed by atoms with van der Waals surface area (Å²) in [7, 11) is 1.31. The number of benzene rings is 2. The van der Waals surface area contributed by atoms with Gasteiger partial charge in [-0.05, 0) is 42.0 Å². The molecule has 8 nitrogen and oxygen atoms in total. The summed E-state index contributed by atoms with van der Waals surface area (Å²) in [6.07, 6.45) is 1.14. The van der Waals surface area contributed by atoms with Gasteiger partial charge in [-0.15, -0.1) is 0 Å². The number of aromatic nitrogens is 2. The zero-order valence-corrected chi connectivity index (χ0v) is 19.4. The molecule has 5 rings (SSSR count). The van der Waals surface area contributed by atoms with Crippen molar-refractivity contribution in [1.29, 1.82) is 0 Å². The smallest absolute Gasteiger partial charge is 0.418 e. The lowest BCUT2D eigenvalue weighted by Gasteiger charge is -2.28. The van der Waals surface area contributed by atoms with E-state index in [1.807, 2.05) is 12.1 Å². The summed E-state index contributed by atoms with van der Waals surface area (Å²) in [4.78, 5) is 31.8. The van der Waals surface area contributed by atoms with E-state index in [9.17, 15) is 9.59 Å². The van der Waals surface area contributed by atoms with Crippen LogP contribution < -0.4 is 10.2 Å². The Hall–Kier alpha value is -3.14. The van der Waals surface area contributed by atoms with Crippen LogP contribution in [0.3, 0.4) is 0 Å². The molecule has 2 aromatic carbocycles. The number of hydrogen-bond acceptors (Lipinski definition) is 7. The van der Waals surface area contributed by atoms with Crippen molar-refractivity contribution >= 4 is 66.9 Å². The van der Waals surface area contributed by atoms with Crippen LogP contribution in [0.15, 0.2) is 42.6 Å². The van der Waals surface area contributed by atoms with Crippen LogP contribution in [0.25, 0.3) is 21.1 Å². The van der Waals surface area contributed by atoms with Crippen LogP contribution in [0, 0.1) is 0 Å². The highest BCUT2D eigenvalue weighted by Crippen LogP contribution is 2.31. The molecule has 0 spiro atoms. The zero-order chi connectivity index (χ0) is 22.9. The second kappa shape index (κ2) is 9.01. The molecule has 4 aromatic rings. The number of halogens is 1. The number of carbonyl (C=O) groups excluding carboxylic acids is 2. The predicted molar refractivity (Wildman–Crippen MR) is 130 cm³/mol. The molecule has 3 heterocycles. The first-order chi connectivity index (χ1) is 16.0. The topological polar surface area (TPSA) is 85.7 Å². The van der Waals surface area contributed by atoms with Gasteiger partial charge in [-0.3, -0.25) is 9.36 Å². The Morgan fingerprint density at radius 3 is 2.82 bits per heavy atom. The second-order valence-corrected chi connectivity index (χ2v) is 9.12. The van der Waals surface area contributed by atoms with E-state index in [2.05, 4.69) is 21.3 Å². The normalized spacial score (nSPS) is 14.1. The Kier molecular flexibility index (Phi) is 5.92. The third-order valence-corrected chi connectivity index (χ3v) is 6.73. The van der Waals surface area contributed by atoms with E-state index in [0.717, 1.165) is 47.6 Å². The van der Waals surface area contributed by atoms with E-state index < -0.39 is 6.09 Å². The number of fused-ring (bicyclic) bond motifs is 2. The van der Waals surface area contributed by atoms with Crippen molar-refractivity contribution in [2.45, 2.75) is 6.42 Å². The first-order valence-electron chi connectivity index (χ1n) is 10.4. The van der Waals surface area contributed by atoms with Gasteiger partial charge in [0, 0.05) is 35.4 Å². The number of morpholine rings is 1. The molecule has 1 saturated heterocycles. The molecule has 33 heavy (non-hydrogen) atoms. The number of rotatable bonds is 4. The van der Waals surface area contributed by atoms with Crippen molar-refractivity contribution in [2.75, 3.05) is 43.6 Å². The molecular formula is C23H21ClN4O4S. The van der Waals surface area contributed by atoms with Crippen LogP contribution >= 0.6 is 22.9 Å². The maximum Gasteiger partial charge on any atom is 0.418 e. The lowest BCUT2D eigenvalue weighted by Crippen LogP contribution is -2.36. The number of amides is 1. The molecule has 1 aliphatic rings. The number of hydrogen-bond donors (Lipinski definition) is 1. The summed E-state index contributed by atoms with van der Waals surface area (Å²) >= 11 is 7.58. The summed E-state index contributed by atoms with van der Waals surface area (Å²) in [6.45, 7) is 3.16. The maximum atomic E-state index is 12.8. The monoisotopic (exact) mass is 484 g/mol. The molecule has 0 saturated carbocycles. The van der Waals surface area contributed by atoms with Gasteiger partial charge in [0.05, 0.1) is 42.5 Å². The van der Waals surface area contributed by atoms with Gasteiger partial charge in [-0.25, -0.2) is 9.78 Å². The highest BCUT2D eigenvalue weighted by molar-refractivity contribution is 7.22. The molecule has 0 radical (unpaired) electrons. The first kappa shape index (κ1) is 21.7. The lowest BCUT2D eigenvalue weighted by molar-refractivity contribution is -0.115. The summed E-state index contributed by atoms with van der Waals surface area (Å²) in [5, 5.41) is 4.67. The van der Waals surface area contributed by atoms with Crippen LogP contribution in [-0.2, 0) is 20.7 Å². The Balaban J connectivity index is 1.36. The third-order valence-electron chi connectivity index (χ3n) is 5.57. The molecule has 0 unspecified atom stereocenters. The molecule has 0 atom stereocenters. The number of ether oxygens (including phenoxy) is 2. The summed E-state index contributed by atoms with van der Waals surface area (Å²) in [5.41, 5.74) is 3.26. The van der Waals surface area contributed by atoms with E-state index >= 15 is 0 Å². The number of thiazole rings is 1. The van der Waals surface area contributed by atoms with Crippen molar-refractivity contribution in [3.8, 4) is 0 Å².